The highest BCUT2D eigenvalue weighted by molar-refractivity contribution is 5.15. The zero-order chi connectivity index (χ0) is 14.4. The van der Waals surface area contributed by atoms with Crippen molar-refractivity contribution in [3.8, 4) is 0 Å². The molecule has 1 saturated heterocycles. The van der Waals surface area contributed by atoms with E-state index in [0.717, 1.165) is 25.3 Å². The molecule has 0 amide bonds. The van der Waals surface area contributed by atoms with E-state index in [0.29, 0.717) is 0 Å². The van der Waals surface area contributed by atoms with Gasteiger partial charge >= 0.3 is 0 Å². The summed E-state index contributed by atoms with van der Waals surface area (Å²) < 4.78 is 0. The van der Waals surface area contributed by atoms with Gasteiger partial charge in [-0.2, -0.15) is 0 Å². The number of likely N-dealkylation sites (tertiary alicyclic amines) is 1. The molecule has 0 bridgehead atoms. The molecular formula is C18H30N2. The second kappa shape index (κ2) is 7.24. The summed E-state index contributed by atoms with van der Waals surface area (Å²) in [6.07, 6.45) is 6.03. The molecule has 0 aliphatic carbocycles. The SMILES string of the molecule is CCC(N)(CC)CN1CCC(Cc2ccccc2)CC1. The van der Waals surface area contributed by atoms with Crippen LogP contribution in [-0.2, 0) is 6.42 Å². The van der Waals surface area contributed by atoms with Crippen LogP contribution in [0.4, 0.5) is 0 Å². The lowest BCUT2D eigenvalue weighted by molar-refractivity contribution is 0.143. The normalized spacial score (nSPS) is 18.4. The third-order valence-corrected chi connectivity index (χ3v) is 5.02. The van der Waals surface area contributed by atoms with Crippen molar-refractivity contribution in [2.24, 2.45) is 11.7 Å². The van der Waals surface area contributed by atoms with Crippen molar-refractivity contribution in [1.82, 2.24) is 4.90 Å². The average molecular weight is 274 g/mol. The smallest absolute Gasteiger partial charge is 0.0278 e. The minimum Gasteiger partial charge on any atom is -0.324 e. The first-order valence-corrected chi connectivity index (χ1v) is 8.20. The second-order valence-corrected chi connectivity index (χ2v) is 6.48. The Morgan fingerprint density at radius 1 is 1.10 bits per heavy atom. The number of rotatable bonds is 6. The van der Waals surface area contributed by atoms with Crippen LogP contribution >= 0.6 is 0 Å². The molecule has 2 nitrogen and oxygen atoms in total. The quantitative estimate of drug-likeness (QED) is 0.861. The van der Waals surface area contributed by atoms with Gasteiger partial charge in [-0.3, -0.25) is 0 Å². The van der Waals surface area contributed by atoms with E-state index in [-0.39, 0.29) is 5.54 Å². The number of nitrogens with zero attached hydrogens (tertiary/aromatic N) is 1. The summed E-state index contributed by atoms with van der Waals surface area (Å²) in [6, 6.07) is 10.9. The van der Waals surface area contributed by atoms with Gasteiger partial charge < -0.3 is 10.6 Å². The molecule has 0 atom stereocenters. The first kappa shape index (κ1) is 15.5. The van der Waals surface area contributed by atoms with Gasteiger partial charge in [0.1, 0.15) is 0 Å². The number of hydrogen-bond acceptors (Lipinski definition) is 2. The Balaban J connectivity index is 1.78. The van der Waals surface area contributed by atoms with Crippen LogP contribution < -0.4 is 5.73 Å². The van der Waals surface area contributed by atoms with Gasteiger partial charge in [-0.05, 0) is 56.7 Å². The van der Waals surface area contributed by atoms with Crippen molar-refractivity contribution in [2.75, 3.05) is 19.6 Å². The highest BCUT2D eigenvalue weighted by Crippen LogP contribution is 2.23. The molecule has 0 saturated carbocycles. The standard InChI is InChI=1S/C18H30N2/c1-3-18(19,4-2)15-20-12-10-17(11-13-20)14-16-8-6-5-7-9-16/h5-9,17H,3-4,10-15,19H2,1-2H3. The number of nitrogens with two attached hydrogens (primary N) is 1. The highest BCUT2D eigenvalue weighted by atomic mass is 15.1. The number of piperidine rings is 1. The van der Waals surface area contributed by atoms with E-state index >= 15 is 0 Å². The van der Waals surface area contributed by atoms with Crippen LogP contribution in [-0.4, -0.2) is 30.1 Å². The van der Waals surface area contributed by atoms with Crippen molar-refractivity contribution in [2.45, 2.75) is 51.5 Å². The second-order valence-electron chi connectivity index (χ2n) is 6.48. The van der Waals surface area contributed by atoms with E-state index in [9.17, 15) is 0 Å². The lowest BCUT2D eigenvalue weighted by atomic mass is 9.88. The Kier molecular flexibility index (Phi) is 5.62. The molecule has 1 aromatic rings. The third-order valence-electron chi connectivity index (χ3n) is 5.02. The zero-order valence-corrected chi connectivity index (χ0v) is 13.1. The first-order chi connectivity index (χ1) is 9.65. The average Bonchev–Trinajstić information content (AvgIpc) is 2.50. The molecule has 112 valence electrons. The lowest BCUT2D eigenvalue weighted by Gasteiger charge is -2.38. The summed E-state index contributed by atoms with van der Waals surface area (Å²) in [6.45, 7) is 7.93. The van der Waals surface area contributed by atoms with Crippen LogP contribution in [0.15, 0.2) is 30.3 Å². The predicted molar refractivity (Wildman–Crippen MR) is 86.8 cm³/mol. The van der Waals surface area contributed by atoms with Crippen LogP contribution in [0.5, 0.6) is 0 Å². The fourth-order valence-electron chi connectivity index (χ4n) is 3.22. The van der Waals surface area contributed by atoms with E-state index in [1.165, 1.54) is 37.9 Å². The molecule has 0 unspecified atom stereocenters. The van der Waals surface area contributed by atoms with Gasteiger partial charge in [-0.15, -0.1) is 0 Å². The summed E-state index contributed by atoms with van der Waals surface area (Å²) >= 11 is 0. The summed E-state index contributed by atoms with van der Waals surface area (Å²) in [5.74, 6) is 0.851. The molecule has 0 spiro atoms. The molecule has 1 aliphatic rings. The van der Waals surface area contributed by atoms with Gasteiger partial charge in [0.05, 0.1) is 0 Å². The van der Waals surface area contributed by atoms with Crippen molar-refractivity contribution >= 4 is 0 Å². The maximum atomic E-state index is 6.44. The monoisotopic (exact) mass is 274 g/mol. The van der Waals surface area contributed by atoms with E-state index in [1.54, 1.807) is 0 Å². The van der Waals surface area contributed by atoms with Crippen LogP contribution in [0.2, 0.25) is 0 Å². The van der Waals surface area contributed by atoms with Crippen molar-refractivity contribution in [3.63, 3.8) is 0 Å². The highest BCUT2D eigenvalue weighted by Gasteiger charge is 2.27. The number of hydrogen-bond donors (Lipinski definition) is 1. The number of benzene rings is 1. The van der Waals surface area contributed by atoms with Crippen LogP contribution in [0.3, 0.4) is 0 Å². The van der Waals surface area contributed by atoms with Crippen LogP contribution in [0.1, 0.15) is 45.1 Å². The minimum atomic E-state index is 0.0201. The third kappa shape index (κ3) is 4.32. The fourth-order valence-corrected chi connectivity index (χ4v) is 3.22. The molecule has 2 heteroatoms. The molecule has 1 aliphatic heterocycles. The Hall–Kier alpha value is -0.860. The summed E-state index contributed by atoms with van der Waals surface area (Å²) in [5.41, 5.74) is 7.95. The van der Waals surface area contributed by atoms with Gasteiger partial charge in [0.25, 0.3) is 0 Å². The van der Waals surface area contributed by atoms with E-state index in [4.69, 9.17) is 5.73 Å². The maximum Gasteiger partial charge on any atom is 0.0278 e. The predicted octanol–water partition coefficient (Wildman–Crippen LogP) is 3.46. The Morgan fingerprint density at radius 2 is 1.70 bits per heavy atom. The van der Waals surface area contributed by atoms with Gasteiger partial charge in [0.15, 0.2) is 0 Å². The molecule has 0 radical (unpaired) electrons. The summed E-state index contributed by atoms with van der Waals surface area (Å²) in [7, 11) is 0. The molecule has 2 N–H and O–H groups in total. The zero-order valence-electron chi connectivity index (χ0n) is 13.1. The van der Waals surface area contributed by atoms with Gasteiger partial charge in [0.2, 0.25) is 0 Å². The molecule has 1 aromatic carbocycles. The lowest BCUT2D eigenvalue weighted by Crippen LogP contribution is -2.51. The summed E-state index contributed by atoms with van der Waals surface area (Å²) in [5, 5.41) is 0. The van der Waals surface area contributed by atoms with E-state index in [2.05, 4.69) is 49.1 Å². The van der Waals surface area contributed by atoms with Crippen LogP contribution in [0.25, 0.3) is 0 Å². The van der Waals surface area contributed by atoms with Crippen molar-refractivity contribution < 1.29 is 0 Å². The Morgan fingerprint density at radius 3 is 2.25 bits per heavy atom. The Bertz CT molecular complexity index is 376. The molecule has 1 fully saturated rings. The largest absolute Gasteiger partial charge is 0.324 e. The van der Waals surface area contributed by atoms with Crippen molar-refractivity contribution in [1.29, 1.82) is 0 Å². The van der Waals surface area contributed by atoms with Gasteiger partial charge in [-0.25, -0.2) is 0 Å². The first-order valence-electron chi connectivity index (χ1n) is 8.20. The van der Waals surface area contributed by atoms with E-state index < -0.39 is 0 Å². The topological polar surface area (TPSA) is 29.3 Å². The van der Waals surface area contributed by atoms with Crippen molar-refractivity contribution in [3.05, 3.63) is 35.9 Å². The van der Waals surface area contributed by atoms with E-state index in [1.807, 2.05) is 0 Å². The fraction of sp³-hybridized carbons (Fsp3) is 0.667. The van der Waals surface area contributed by atoms with Gasteiger partial charge in [-0.1, -0.05) is 44.2 Å². The molecule has 2 rings (SSSR count). The van der Waals surface area contributed by atoms with Crippen LogP contribution in [0, 0.1) is 5.92 Å². The summed E-state index contributed by atoms with van der Waals surface area (Å²) in [4.78, 5) is 2.58. The minimum absolute atomic E-state index is 0.0201. The molecule has 0 aromatic heterocycles. The molecular weight excluding hydrogens is 244 g/mol. The molecule has 1 heterocycles. The molecule has 20 heavy (non-hydrogen) atoms. The van der Waals surface area contributed by atoms with Gasteiger partial charge in [0, 0.05) is 12.1 Å². The Labute approximate surface area is 124 Å². The maximum absolute atomic E-state index is 6.44.